The topological polar surface area (TPSA) is 38.1 Å². The van der Waals surface area contributed by atoms with Crippen LogP contribution in [0.1, 0.15) is 61.8 Å². The summed E-state index contributed by atoms with van der Waals surface area (Å²) in [6.07, 6.45) is 5.17. The fourth-order valence-corrected chi connectivity index (χ4v) is 5.56. The number of aromatic nitrogens is 2. The van der Waals surface area contributed by atoms with Gasteiger partial charge in [-0.05, 0) is 54.7 Å². The van der Waals surface area contributed by atoms with Gasteiger partial charge in [-0.2, -0.15) is 0 Å². The maximum absolute atomic E-state index is 13.3. The van der Waals surface area contributed by atoms with Gasteiger partial charge < -0.3 is 9.47 Å². The second-order valence-corrected chi connectivity index (χ2v) is 10.0. The SMILES string of the molecule is Cc1c(C(=O)N2CC3(C)CC2CC(C)(C)C3)ncn1Cc1ccc(Cl)cc1. The number of rotatable bonds is 3. The Hall–Kier alpha value is -1.81. The highest BCUT2D eigenvalue weighted by molar-refractivity contribution is 6.30. The minimum absolute atomic E-state index is 0.0915. The summed E-state index contributed by atoms with van der Waals surface area (Å²) in [4.78, 5) is 19.9. The lowest BCUT2D eigenvalue weighted by Crippen LogP contribution is -2.38. The highest BCUT2D eigenvalue weighted by Gasteiger charge is 2.51. The van der Waals surface area contributed by atoms with Crippen molar-refractivity contribution < 1.29 is 4.79 Å². The Bertz CT molecular complexity index is 870. The molecule has 1 amide bonds. The predicted octanol–water partition coefficient (Wildman–Crippen LogP) is 4.93. The molecule has 2 bridgehead atoms. The van der Waals surface area contributed by atoms with E-state index in [0.29, 0.717) is 23.7 Å². The molecule has 144 valence electrons. The number of imidazole rings is 1. The Kier molecular flexibility index (Phi) is 4.38. The third-order valence-electron chi connectivity index (χ3n) is 6.24. The lowest BCUT2D eigenvalue weighted by Gasteiger charge is -2.39. The molecule has 1 aliphatic carbocycles. The second kappa shape index (κ2) is 6.37. The van der Waals surface area contributed by atoms with Crippen LogP contribution >= 0.6 is 11.6 Å². The lowest BCUT2D eigenvalue weighted by atomic mass is 9.65. The first-order valence-electron chi connectivity index (χ1n) is 9.73. The number of amides is 1. The van der Waals surface area contributed by atoms with Gasteiger partial charge in [0.05, 0.1) is 6.33 Å². The van der Waals surface area contributed by atoms with Gasteiger partial charge in [0.1, 0.15) is 5.69 Å². The van der Waals surface area contributed by atoms with E-state index >= 15 is 0 Å². The van der Waals surface area contributed by atoms with Crippen molar-refractivity contribution in [1.29, 1.82) is 0 Å². The van der Waals surface area contributed by atoms with Crippen LogP contribution in [-0.4, -0.2) is 32.9 Å². The maximum Gasteiger partial charge on any atom is 0.274 e. The standard InChI is InChI=1S/C22H28ClN3O/c1-15-19(24-14-25(15)11-16-5-7-17(23)8-6-16)20(27)26-13-22(4)10-18(26)9-21(2,3)12-22/h5-8,14,18H,9-13H2,1-4H3. The first kappa shape index (κ1) is 18.5. The van der Waals surface area contributed by atoms with Crippen molar-refractivity contribution in [2.75, 3.05) is 6.54 Å². The van der Waals surface area contributed by atoms with Crippen LogP contribution < -0.4 is 0 Å². The number of hydrogen-bond donors (Lipinski definition) is 0. The molecule has 5 heteroatoms. The fraction of sp³-hybridized carbons (Fsp3) is 0.545. The van der Waals surface area contributed by atoms with Crippen LogP contribution in [-0.2, 0) is 6.54 Å². The Labute approximate surface area is 166 Å². The molecule has 1 saturated heterocycles. The van der Waals surface area contributed by atoms with E-state index in [1.54, 1.807) is 6.33 Å². The van der Waals surface area contributed by atoms with Crippen LogP contribution in [0.3, 0.4) is 0 Å². The number of halogens is 1. The molecule has 2 atom stereocenters. The molecule has 1 aromatic heterocycles. The molecule has 2 fully saturated rings. The highest BCUT2D eigenvalue weighted by Crippen LogP contribution is 2.52. The van der Waals surface area contributed by atoms with E-state index in [1.807, 2.05) is 35.8 Å². The minimum Gasteiger partial charge on any atom is -0.334 e. The molecule has 0 radical (unpaired) electrons. The summed E-state index contributed by atoms with van der Waals surface area (Å²) in [6.45, 7) is 10.5. The first-order valence-corrected chi connectivity index (χ1v) is 10.1. The van der Waals surface area contributed by atoms with Crippen LogP contribution in [0.4, 0.5) is 0 Å². The van der Waals surface area contributed by atoms with Crippen LogP contribution in [0.5, 0.6) is 0 Å². The maximum atomic E-state index is 13.3. The zero-order valence-corrected chi connectivity index (χ0v) is 17.4. The van der Waals surface area contributed by atoms with Crippen molar-refractivity contribution >= 4 is 17.5 Å². The molecular formula is C22H28ClN3O. The summed E-state index contributed by atoms with van der Waals surface area (Å²) < 4.78 is 2.05. The van der Waals surface area contributed by atoms with E-state index in [1.165, 1.54) is 6.42 Å². The van der Waals surface area contributed by atoms with Crippen LogP contribution in [0.25, 0.3) is 0 Å². The molecule has 2 aromatic rings. The Balaban J connectivity index is 1.55. The zero-order valence-electron chi connectivity index (χ0n) is 16.6. The molecule has 1 aromatic carbocycles. The molecule has 0 N–H and O–H groups in total. The van der Waals surface area contributed by atoms with Gasteiger partial charge in [0.2, 0.25) is 0 Å². The van der Waals surface area contributed by atoms with Gasteiger partial charge in [-0.3, -0.25) is 4.79 Å². The van der Waals surface area contributed by atoms with Gasteiger partial charge in [0.15, 0.2) is 0 Å². The van der Waals surface area contributed by atoms with E-state index in [0.717, 1.165) is 35.7 Å². The van der Waals surface area contributed by atoms with Crippen LogP contribution in [0, 0.1) is 17.8 Å². The molecule has 1 saturated carbocycles. The Morgan fingerprint density at radius 3 is 2.63 bits per heavy atom. The number of carbonyl (C=O) groups is 1. The second-order valence-electron chi connectivity index (χ2n) is 9.58. The molecule has 27 heavy (non-hydrogen) atoms. The van der Waals surface area contributed by atoms with Crippen LogP contribution in [0.2, 0.25) is 5.02 Å². The number of likely N-dealkylation sites (tertiary alicyclic amines) is 1. The van der Waals surface area contributed by atoms with Gasteiger partial charge in [-0.1, -0.05) is 44.5 Å². The molecule has 4 rings (SSSR count). The third kappa shape index (κ3) is 3.52. The van der Waals surface area contributed by atoms with E-state index in [2.05, 4.69) is 30.7 Å². The first-order chi connectivity index (χ1) is 12.7. The van der Waals surface area contributed by atoms with Crippen molar-refractivity contribution in [3.8, 4) is 0 Å². The molecule has 0 spiro atoms. The molecule has 2 heterocycles. The number of hydrogen-bond acceptors (Lipinski definition) is 2. The van der Waals surface area contributed by atoms with Gasteiger partial charge >= 0.3 is 0 Å². The van der Waals surface area contributed by atoms with Gasteiger partial charge in [0.25, 0.3) is 5.91 Å². The predicted molar refractivity (Wildman–Crippen MR) is 108 cm³/mol. The summed E-state index contributed by atoms with van der Waals surface area (Å²) in [5.41, 5.74) is 3.21. The quantitative estimate of drug-likeness (QED) is 0.750. The van der Waals surface area contributed by atoms with E-state index in [4.69, 9.17) is 11.6 Å². The monoisotopic (exact) mass is 385 g/mol. The molecule has 2 unspecified atom stereocenters. The smallest absolute Gasteiger partial charge is 0.274 e. The lowest BCUT2D eigenvalue weighted by molar-refractivity contribution is 0.0702. The van der Waals surface area contributed by atoms with Gasteiger partial charge in [-0.25, -0.2) is 4.98 Å². The average Bonchev–Trinajstić information content (AvgIpc) is 3.05. The number of carbonyl (C=O) groups excluding carboxylic acids is 1. The largest absolute Gasteiger partial charge is 0.334 e. The molecule has 1 aliphatic heterocycles. The third-order valence-corrected chi connectivity index (χ3v) is 6.50. The van der Waals surface area contributed by atoms with Crippen LogP contribution in [0.15, 0.2) is 30.6 Å². The molecular weight excluding hydrogens is 358 g/mol. The summed E-state index contributed by atoms with van der Waals surface area (Å²) >= 11 is 5.97. The van der Waals surface area contributed by atoms with Crippen molar-refractivity contribution in [3.63, 3.8) is 0 Å². The number of benzene rings is 1. The van der Waals surface area contributed by atoms with E-state index in [9.17, 15) is 4.79 Å². The van der Waals surface area contributed by atoms with Gasteiger partial charge in [-0.15, -0.1) is 0 Å². The number of nitrogens with zero attached hydrogens (tertiary/aromatic N) is 3. The van der Waals surface area contributed by atoms with E-state index < -0.39 is 0 Å². The normalized spacial score (nSPS) is 26.4. The fourth-order valence-electron chi connectivity index (χ4n) is 5.43. The van der Waals surface area contributed by atoms with Crippen molar-refractivity contribution in [1.82, 2.24) is 14.5 Å². The summed E-state index contributed by atoms with van der Waals surface area (Å²) in [6, 6.07) is 8.14. The number of fused-ring (bicyclic) bond motifs is 2. The molecule has 2 aliphatic rings. The summed E-state index contributed by atoms with van der Waals surface area (Å²) in [5.74, 6) is 0.0915. The summed E-state index contributed by atoms with van der Waals surface area (Å²) in [5, 5.41) is 0.730. The summed E-state index contributed by atoms with van der Waals surface area (Å²) in [7, 11) is 0. The van der Waals surface area contributed by atoms with Crippen molar-refractivity contribution in [3.05, 3.63) is 52.6 Å². The highest BCUT2D eigenvalue weighted by atomic mass is 35.5. The average molecular weight is 386 g/mol. The van der Waals surface area contributed by atoms with Gasteiger partial charge in [0, 0.05) is 29.8 Å². The van der Waals surface area contributed by atoms with Crippen molar-refractivity contribution in [2.45, 2.75) is 59.5 Å². The van der Waals surface area contributed by atoms with E-state index in [-0.39, 0.29) is 11.3 Å². The van der Waals surface area contributed by atoms with Crippen molar-refractivity contribution in [2.24, 2.45) is 10.8 Å². The Morgan fingerprint density at radius 2 is 1.93 bits per heavy atom. The zero-order chi connectivity index (χ0) is 19.4. The Morgan fingerprint density at radius 1 is 1.22 bits per heavy atom. The minimum atomic E-state index is 0.0915. The molecule has 4 nitrogen and oxygen atoms in total.